The first kappa shape index (κ1) is 26.3. The Bertz CT molecular complexity index is 1670. The summed E-state index contributed by atoms with van der Waals surface area (Å²) in [7, 11) is 0. The van der Waals surface area contributed by atoms with Gasteiger partial charge in [0.15, 0.2) is 0 Å². The van der Waals surface area contributed by atoms with E-state index in [2.05, 4.69) is 58.0 Å². The molecule has 9 heteroatoms. The number of aromatic nitrogens is 6. The largest absolute Gasteiger partial charge is 0.364 e. The minimum Gasteiger partial charge on any atom is -0.364 e. The SMILES string of the molecule is CC(CCc1nc2ccc([N+](=O)[O-])cc2nc1CCC(C)(c1ccc[nH]1)c1ccc[nH]1)(c1ccc[nH]1)c1ccc[nH]1. The molecule has 0 bridgehead atoms. The zero-order chi connectivity index (χ0) is 28.5. The first-order valence-corrected chi connectivity index (χ1v) is 13.9. The van der Waals surface area contributed by atoms with Crippen LogP contribution in [-0.2, 0) is 23.7 Å². The van der Waals surface area contributed by atoms with Crippen LogP contribution in [0.3, 0.4) is 0 Å². The smallest absolute Gasteiger partial charge is 0.271 e. The molecular formula is C32H33N7O2. The monoisotopic (exact) mass is 547 g/mol. The molecule has 0 saturated heterocycles. The number of hydrogen-bond acceptors (Lipinski definition) is 4. The molecule has 0 atom stereocenters. The summed E-state index contributed by atoms with van der Waals surface area (Å²) in [5, 5.41) is 11.5. The second-order valence-electron chi connectivity index (χ2n) is 11.0. The molecule has 0 aliphatic heterocycles. The van der Waals surface area contributed by atoms with Crippen molar-refractivity contribution in [2.75, 3.05) is 0 Å². The highest BCUT2D eigenvalue weighted by atomic mass is 16.6. The lowest BCUT2D eigenvalue weighted by atomic mass is 9.77. The highest BCUT2D eigenvalue weighted by Gasteiger charge is 2.33. The molecule has 9 nitrogen and oxygen atoms in total. The second kappa shape index (κ2) is 10.6. The van der Waals surface area contributed by atoms with Crippen molar-refractivity contribution in [2.24, 2.45) is 0 Å². The van der Waals surface area contributed by atoms with Gasteiger partial charge < -0.3 is 19.9 Å². The van der Waals surface area contributed by atoms with Crippen LogP contribution in [0.1, 0.15) is 60.9 Å². The molecule has 4 N–H and O–H groups in total. The van der Waals surface area contributed by atoms with Crippen molar-refractivity contribution in [3.8, 4) is 0 Å². The maximum Gasteiger partial charge on any atom is 0.271 e. The second-order valence-corrected chi connectivity index (χ2v) is 11.0. The number of nitro groups is 1. The van der Waals surface area contributed by atoms with Crippen molar-refractivity contribution < 1.29 is 4.92 Å². The lowest BCUT2D eigenvalue weighted by molar-refractivity contribution is -0.384. The number of nitrogens with one attached hydrogen (secondary N) is 4. The fourth-order valence-electron chi connectivity index (χ4n) is 5.89. The fraction of sp³-hybridized carbons (Fsp3) is 0.250. The summed E-state index contributed by atoms with van der Waals surface area (Å²) < 4.78 is 0. The van der Waals surface area contributed by atoms with Crippen LogP contribution in [-0.4, -0.2) is 34.8 Å². The Morgan fingerprint density at radius 2 is 1.07 bits per heavy atom. The first-order chi connectivity index (χ1) is 19.9. The fourth-order valence-corrected chi connectivity index (χ4v) is 5.89. The van der Waals surface area contributed by atoms with Crippen LogP contribution in [0.15, 0.2) is 91.5 Å². The molecule has 0 fully saturated rings. The highest BCUT2D eigenvalue weighted by Crippen LogP contribution is 2.37. The maximum atomic E-state index is 11.5. The number of hydrogen-bond donors (Lipinski definition) is 4. The van der Waals surface area contributed by atoms with Gasteiger partial charge in [-0.3, -0.25) is 10.1 Å². The molecule has 41 heavy (non-hydrogen) atoms. The highest BCUT2D eigenvalue weighted by molar-refractivity contribution is 5.77. The molecular weight excluding hydrogens is 514 g/mol. The van der Waals surface area contributed by atoms with E-state index in [4.69, 9.17) is 9.97 Å². The predicted molar refractivity (Wildman–Crippen MR) is 159 cm³/mol. The van der Waals surface area contributed by atoms with Crippen LogP contribution in [0.4, 0.5) is 5.69 Å². The van der Waals surface area contributed by atoms with Crippen LogP contribution < -0.4 is 0 Å². The Labute approximate surface area is 237 Å². The van der Waals surface area contributed by atoms with Gasteiger partial charge in [0.2, 0.25) is 0 Å². The number of non-ortho nitro benzene ring substituents is 1. The number of rotatable bonds is 11. The van der Waals surface area contributed by atoms with Gasteiger partial charge in [-0.2, -0.15) is 0 Å². The molecule has 208 valence electrons. The number of nitrogens with zero attached hydrogens (tertiary/aromatic N) is 3. The molecule has 6 aromatic rings. The van der Waals surface area contributed by atoms with Crippen LogP contribution in [0.2, 0.25) is 0 Å². The molecule has 0 aliphatic carbocycles. The van der Waals surface area contributed by atoms with Crippen LogP contribution in [0.25, 0.3) is 11.0 Å². The molecule has 0 saturated carbocycles. The van der Waals surface area contributed by atoms with E-state index in [1.165, 1.54) is 12.1 Å². The van der Waals surface area contributed by atoms with Crippen LogP contribution in [0, 0.1) is 10.1 Å². The van der Waals surface area contributed by atoms with E-state index in [1.54, 1.807) is 6.07 Å². The lowest BCUT2D eigenvalue weighted by Gasteiger charge is -2.29. The summed E-state index contributed by atoms with van der Waals surface area (Å²) in [4.78, 5) is 34.8. The van der Waals surface area contributed by atoms with Crippen molar-refractivity contribution in [1.29, 1.82) is 0 Å². The van der Waals surface area contributed by atoms with E-state index in [0.717, 1.165) is 47.0 Å². The minimum absolute atomic E-state index is 0.0131. The van der Waals surface area contributed by atoms with E-state index >= 15 is 0 Å². The molecule has 6 rings (SSSR count). The Hall–Kier alpha value is -4.92. The molecule has 0 unspecified atom stereocenters. The molecule has 5 aromatic heterocycles. The first-order valence-electron chi connectivity index (χ1n) is 13.9. The average molecular weight is 548 g/mol. The molecule has 0 amide bonds. The zero-order valence-corrected chi connectivity index (χ0v) is 23.1. The van der Waals surface area contributed by atoms with Gasteiger partial charge in [0.25, 0.3) is 5.69 Å². The predicted octanol–water partition coefficient (Wildman–Crippen LogP) is 6.73. The van der Waals surface area contributed by atoms with Crippen molar-refractivity contribution in [3.63, 3.8) is 0 Å². The average Bonchev–Trinajstić information content (AvgIpc) is 3.80. The van der Waals surface area contributed by atoms with E-state index in [-0.39, 0.29) is 21.4 Å². The van der Waals surface area contributed by atoms with Gasteiger partial charge in [0.05, 0.1) is 27.3 Å². The van der Waals surface area contributed by atoms with Gasteiger partial charge >= 0.3 is 0 Å². The van der Waals surface area contributed by atoms with Gasteiger partial charge in [0, 0.05) is 70.5 Å². The molecule has 5 heterocycles. The minimum atomic E-state index is -0.388. The number of aromatic amines is 4. The van der Waals surface area contributed by atoms with E-state index in [9.17, 15) is 10.1 Å². The van der Waals surface area contributed by atoms with Crippen molar-refractivity contribution in [2.45, 2.75) is 50.4 Å². The standard InChI is InChI=1S/C32H33N7O2/c1-31(27-7-3-17-33-27,28-8-4-18-34-28)15-13-24-25(38-26-21-22(39(40)41)11-12-23(26)37-24)14-16-32(2,29-9-5-19-35-29)30-10-6-20-36-30/h3-12,17-21,33-36H,13-16H2,1-2H3. The van der Waals surface area contributed by atoms with Gasteiger partial charge in [-0.1, -0.05) is 0 Å². The topological polar surface area (TPSA) is 132 Å². The molecule has 0 spiro atoms. The number of H-pyrrole nitrogens is 4. The Kier molecular flexibility index (Phi) is 6.78. The summed E-state index contributed by atoms with van der Waals surface area (Å²) in [5.74, 6) is 0. The van der Waals surface area contributed by atoms with E-state index < -0.39 is 0 Å². The number of aryl methyl sites for hydroxylation is 2. The summed E-state index contributed by atoms with van der Waals surface area (Å²) in [6.07, 6.45) is 10.7. The number of fused-ring (bicyclic) bond motifs is 1. The van der Waals surface area contributed by atoms with E-state index in [1.807, 2.05) is 49.1 Å². The van der Waals surface area contributed by atoms with Crippen molar-refractivity contribution in [1.82, 2.24) is 29.9 Å². The van der Waals surface area contributed by atoms with Crippen molar-refractivity contribution >= 4 is 16.7 Å². The van der Waals surface area contributed by atoms with Gasteiger partial charge in [-0.05, 0) is 94.1 Å². The van der Waals surface area contributed by atoms with Crippen molar-refractivity contribution in [3.05, 3.63) is 136 Å². The van der Waals surface area contributed by atoms with Crippen LogP contribution >= 0.6 is 0 Å². The maximum absolute atomic E-state index is 11.5. The van der Waals surface area contributed by atoms with E-state index in [0.29, 0.717) is 23.9 Å². The quantitative estimate of drug-likeness (QED) is 0.106. The Morgan fingerprint density at radius 1 is 0.659 bits per heavy atom. The third-order valence-electron chi connectivity index (χ3n) is 8.51. The third kappa shape index (κ3) is 4.95. The zero-order valence-electron chi connectivity index (χ0n) is 23.1. The Morgan fingerprint density at radius 3 is 1.44 bits per heavy atom. The lowest BCUT2D eigenvalue weighted by Crippen LogP contribution is -2.27. The molecule has 1 aromatic carbocycles. The van der Waals surface area contributed by atoms with Crippen LogP contribution in [0.5, 0.6) is 0 Å². The normalized spacial score (nSPS) is 12.2. The Balaban J connectivity index is 1.38. The number of nitro benzene ring substituents is 1. The molecule has 0 aliphatic rings. The number of benzene rings is 1. The van der Waals surface area contributed by atoms with Gasteiger partial charge in [-0.25, -0.2) is 9.97 Å². The third-order valence-corrected chi connectivity index (χ3v) is 8.51. The summed E-state index contributed by atoms with van der Waals surface area (Å²) in [6, 6.07) is 21.2. The summed E-state index contributed by atoms with van der Waals surface area (Å²) in [6.45, 7) is 4.45. The van der Waals surface area contributed by atoms with Gasteiger partial charge in [-0.15, -0.1) is 0 Å². The van der Waals surface area contributed by atoms with Gasteiger partial charge in [0.1, 0.15) is 0 Å². The summed E-state index contributed by atoms with van der Waals surface area (Å²) >= 11 is 0. The summed E-state index contributed by atoms with van der Waals surface area (Å²) in [5.41, 5.74) is 6.84. The molecule has 0 radical (unpaired) electrons.